The largest absolute Gasteiger partial charge is 0.466 e. The number of hydrogen-bond acceptors (Lipinski definition) is 3. The first kappa shape index (κ1) is 25.7. The molecule has 0 radical (unpaired) electrons. The summed E-state index contributed by atoms with van der Waals surface area (Å²) >= 11 is 5.49. The van der Waals surface area contributed by atoms with Crippen molar-refractivity contribution in [1.82, 2.24) is 0 Å². The van der Waals surface area contributed by atoms with E-state index in [9.17, 15) is 0 Å². The van der Waals surface area contributed by atoms with E-state index in [2.05, 4.69) is 121 Å². The van der Waals surface area contributed by atoms with E-state index in [1.165, 1.54) is 15.9 Å². The fourth-order valence-corrected chi connectivity index (χ4v) is 8.21. The van der Waals surface area contributed by atoms with E-state index < -0.39 is 7.05 Å². The van der Waals surface area contributed by atoms with Gasteiger partial charge in [-0.1, -0.05) is 127 Å². The quantitative estimate of drug-likeness (QED) is 0.172. The molecule has 0 aromatic heterocycles. The van der Waals surface area contributed by atoms with E-state index in [0.717, 1.165) is 22.5 Å². The normalized spacial score (nSPS) is 11.0. The summed E-state index contributed by atoms with van der Waals surface area (Å²) in [5, 5.41) is 7.09. The molecule has 5 aromatic rings. The standard InChI is InChI=1S/C33H29N2OPS/c1-26-22-23-32(27(24-26)25-36-33(38)34-28-14-6-2-7-15-28)35-37(29-16-8-3-9-17-29,30-18-10-4-11-19-30)31-20-12-5-13-21-31/h2-24H,25H2,1H3,(H,34,38). The molecule has 0 unspecified atom stereocenters. The number of nitrogens with one attached hydrogen (secondary N) is 1. The van der Waals surface area contributed by atoms with E-state index in [-0.39, 0.29) is 0 Å². The fraction of sp³-hybridized carbons (Fsp3) is 0.0606. The first-order chi connectivity index (χ1) is 18.6. The van der Waals surface area contributed by atoms with Crippen molar-refractivity contribution in [3.05, 3.63) is 151 Å². The van der Waals surface area contributed by atoms with Crippen LogP contribution in [0.3, 0.4) is 0 Å². The molecule has 5 heteroatoms. The summed E-state index contributed by atoms with van der Waals surface area (Å²) in [6, 6.07) is 48.1. The Kier molecular flexibility index (Phi) is 8.13. The number of aryl methyl sites for hydroxylation is 1. The molecule has 0 saturated carbocycles. The molecule has 5 rings (SSSR count). The lowest BCUT2D eigenvalue weighted by molar-refractivity contribution is 0.300. The van der Waals surface area contributed by atoms with Gasteiger partial charge >= 0.3 is 0 Å². The van der Waals surface area contributed by atoms with Crippen LogP contribution in [0.2, 0.25) is 0 Å². The first-order valence-corrected chi connectivity index (χ1v) is 14.7. The van der Waals surface area contributed by atoms with E-state index in [1.807, 2.05) is 30.3 Å². The zero-order valence-electron chi connectivity index (χ0n) is 21.2. The average molecular weight is 533 g/mol. The Labute approximate surface area is 230 Å². The topological polar surface area (TPSA) is 33.6 Å². The van der Waals surface area contributed by atoms with Gasteiger partial charge in [0.05, 0.1) is 12.7 Å². The predicted molar refractivity (Wildman–Crippen MR) is 166 cm³/mol. The molecule has 38 heavy (non-hydrogen) atoms. The lowest BCUT2D eigenvalue weighted by atomic mass is 10.1. The SMILES string of the molecule is Cc1ccc(N=P(c2ccccc2)(c2ccccc2)c2ccccc2)c(COC(=S)Nc2ccccc2)c1. The molecule has 3 nitrogen and oxygen atoms in total. The molecule has 0 spiro atoms. The molecule has 0 bridgehead atoms. The van der Waals surface area contributed by atoms with Gasteiger partial charge in [0, 0.05) is 27.2 Å². The van der Waals surface area contributed by atoms with Crippen molar-refractivity contribution in [2.24, 2.45) is 4.74 Å². The van der Waals surface area contributed by atoms with E-state index in [1.54, 1.807) is 0 Å². The molecule has 0 amide bonds. The lowest BCUT2D eigenvalue weighted by Crippen LogP contribution is -2.25. The minimum Gasteiger partial charge on any atom is -0.466 e. The van der Waals surface area contributed by atoms with Crippen molar-refractivity contribution >= 4 is 51.7 Å². The maximum atomic E-state index is 6.03. The van der Waals surface area contributed by atoms with E-state index in [0.29, 0.717) is 11.8 Å². The van der Waals surface area contributed by atoms with Gasteiger partial charge in [0.25, 0.3) is 5.17 Å². The number of ether oxygens (including phenoxy) is 1. The Hall–Kier alpha value is -3.98. The second-order valence-corrected chi connectivity index (χ2v) is 12.3. The van der Waals surface area contributed by atoms with Gasteiger partial charge in [-0.25, -0.2) is 0 Å². The van der Waals surface area contributed by atoms with Gasteiger partial charge in [-0.2, -0.15) is 0 Å². The molecule has 0 saturated heterocycles. The Morgan fingerprint density at radius 2 is 1.16 bits per heavy atom. The highest BCUT2D eigenvalue weighted by atomic mass is 32.1. The van der Waals surface area contributed by atoms with Gasteiger partial charge in [-0.3, -0.25) is 4.74 Å². The third-order valence-electron chi connectivity index (χ3n) is 6.26. The maximum absolute atomic E-state index is 6.03. The summed E-state index contributed by atoms with van der Waals surface area (Å²) in [4.78, 5) is 0. The van der Waals surface area contributed by atoms with Crippen LogP contribution in [0.15, 0.2) is 144 Å². The summed E-state index contributed by atoms with van der Waals surface area (Å²) in [6.45, 7) is 2.40. The minimum absolute atomic E-state index is 0.317. The van der Waals surface area contributed by atoms with Crippen molar-refractivity contribution in [2.75, 3.05) is 5.32 Å². The number of rotatable bonds is 7. The summed E-state index contributed by atoms with van der Waals surface area (Å²) in [5.41, 5.74) is 3.94. The van der Waals surface area contributed by atoms with Crippen molar-refractivity contribution in [3.8, 4) is 0 Å². The molecular weight excluding hydrogens is 503 g/mol. The average Bonchev–Trinajstić information content (AvgIpc) is 2.97. The van der Waals surface area contributed by atoms with Crippen molar-refractivity contribution in [3.63, 3.8) is 0 Å². The number of anilines is 1. The zero-order chi connectivity index (χ0) is 26.2. The van der Waals surface area contributed by atoms with Crippen molar-refractivity contribution in [1.29, 1.82) is 0 Å². The lowest BCUT2D eigenvalue weighted by Gasteiger charge is -2.27. The summed E-state index contributed by atoms with van der Waals surface area (Å²) in [5.74, 6) is 0. The summed E-state index contributed by atoms with van der Waals surface area (Å²) in [7, 11) is -2.40. The molecule has 188 valence electrons. The zero-order valence-corrected chi connectivity index (χ0v) is 22.9. The first-order valence-electron chi connectivity index (χ1n) is 12.5. The molecule has 1 N–H and O–H groups in total. The number of thiocarbonyl (C=S) groups is 1. The predicted octanol–water partition coefficient (Wildman–Crippen LogP) is 7.72. The van der Waals surface area contributed by atoms with Crippen LogP contribution >= 0.6 is 19.3 Å². The van der Waals surface area contributed by atoms with Crippen LogP contribution in [0.5, 0.6) is 0 Å². The van der Waals surface area contributed by atoms with Crippen LogP contribution in [0.1, 0.15) is 11.1 Å². The van der Waals surface area contributed by atoms with Gasteiger partial charge in [0.15, 0.2) is 0 Å². The van der Waals surface area contributed by atoms with Crippen molar-refractivity contribution in [2.45, 2.75) is 13.5 Å². The minimum atomic E-state index is -2.40. The van der Waals surface area contributed by atoms with Gasteiger partial charge < -0.3 is 10.1 Å². The van der Waals surface area contributed by atoms with Gasteiger partial charge in [0.1, 0.15) is 6.61 Å². The highest BCUT2D eigenvalue weighted by Crippen LogP contribution is 2.49. The number of para-hydroxylation sites is 1. The van der Waals surface area contributed by atoms with Crippen LogP contribution in [-0.4, -0.2) is 5.17 Å². The van der Waals surface area contributed by atoms with Crippen LogP contribution < -0.4 is 21.2 Å². The maximum Gasteiger partial charge on any atom is 0.261 e. The molecule has 0 aliphatic rings. The Morgan fingerprint density at radius 1 is 0.684 bits per heavy atom. The number of nitrogens with zero attached hydrogens (tertiary/aromatic N) is 1. The number of hydrogen-bond donors (Lipinski definition) is 1. The molecule has 0 aliphatic heterocycles. The molecule has 5 aromatic carbocycles. The summed E-state index contributed by atoms with van der Waals surface area (Å²) < 4.78 is 11.7. The third-order valence-corrected chi connectivity index (χ3v) is 10.1. The Morgan fingerprint density at radius 3 is 1.66 bits per heavy atom. The summed E-state index contributed by atoms with van der Waals surface area (Å²) in [6.07, 6.45) is 0. The second-order valence-electron chi connectivity index (χ2n) is 8.94. The van der Waals surface area contributed by atoms with Crippen LogP contribution in [0.4, 0.5) is 11.4 Å². The van der Waals surface area contributed by atoms with E-state index in [4.69, 9.17) is 21.7 Å². The highest BCUT2D eigenvalue weighted by Gasteiger charge is 2.27. The molecule has 0 heterocycles. The fourth-order valence-electron chi connectivity index (χ4n) is 4.46. The van der Waals surface area contributed by atoms with Gasteiger partial charge in [-0.15, -0.1) is 0 Å². The smallest absolute Gasteiger partial charge is 0.261 e. The third kappa shape index (κ3) is 5.78. The van der Waals surface area contributed by atoms with E-state index >= 15 is 0 Å². The Bertz CT molecular complexity index is 1450. The Balaban J connectivity index is 1.63. The molecule has 0 fully saturated rings. The molecular formula is C33H29N2OPS. The monoisotopic (exact) mass is 532 g/mol. The van der Waals surface area contributed by atoms with Gasteiger partial charge in [0.2, 0.25) is 0 Å². The molecule has 0 atom stereocenters. The van der Waals surface area contributed by atoms with Crippen LogP contribution in [0.25, 0.3) is 0 Å². The highest BCUT2D eigenvalue weighted by molar-refractivity contribution is 7.87. The number of benzene rings is 5. The van der Waals surface area contributed by atoms with Crippen molar-refractivity contribution < 1.29 is 4.74 Å². The molecule has 0 aliphatic carbocycles. The van der Waals surface area contributed by atoms with Crippen LogP contribution in [-0.2, 0) is 11.3 Å². The second kappa shape index (κ2) is 12.0. The van der Waals surface area contributed by atoms with Gasteiger partial charge in [-0.05, 0) is 37.3 Å². The van der Waals surface area contributed by atoms with Crippen LogP contribution in [0, 0.1) is 6.92 Å².